The molecule has 0 radical (unpaired) electrons. The summed E-state index contributed by atoms with van der Waals surface area (Å²) in [4.78, 5) is 18.2. The molecule has 2 aromatic carbocycles. The summed E-state index contributed by atoms with van der Waals surface area (Å²) in [5.41, 5.74) is 1.74. The van der Waals surface area contributed by atoms with Crippen molar-refractivity contribution in [2.75, 3.05) is 5.32 Å². The topological polar surface area (TPSA) is 79.2 Å². The number of hydrogen-bond donors (Lipinski definition) is 3. The van der Waals surface area contributed by atoms with Crippen molar-refractivity contribution in [2.45, 2.75) is 57.7 Å². The van der Waals surface area contributed by atoms with Gasteiger partial charge < -0.3 is 15.7 Å². The van der Waals surface area contributed by atoms with Crippen LogP contribution in [0.4, 0.5) is 5.82 Å². The van der Waals surface area contributed by atoms with E-state index in [0.717, 1.165) is 18.4 Å². The minimum absolute atomic E-state index is 0.0622. The molecule has 192 valence electrons. The van der Waals surface area contributed by atoms with E-state index in [0.29, 0.717) is 27.4 Å². The molecule has 1 aliphatic heterocycles. The van der Waals surface area contributed by atoms with E-state index < -0.39 is 0 Å². The number of pyridine rings is 2. The molecular formula is C29H30Cl2N4O2. The molecule has 37 heavy (non-hydrogen) atoms. The number of rotatable bonds is 4. The van der Waals surface area contributed by atoms with Crippen LogP contribution in [0, 0.1) is 0 Å². The molecule has 0 amide bonds. The minimum atomic E-state index is -0.317. The van der Waals surface area contributed by atoms with Crippen molar-refractivity contribution in [2.24, 2.45) is 0 Å². The zero-order valence-corrected chi connectivity index (χ0v) is 22.8. The monoisotopic (exact) mass is 536 g/mol. The van der Waals surface area contributed by atoms with Gasteiger partial charge in [-0.25, -0.2) is 4.98 Å². The van der Waals surface area contributed by atoms with Gasteiger partial charge in [-0.05, 0) is 64.8 Å². The molecule has 2 aromatic heterocycles. The molecule has 0 atom stereocenters. The van der Waals surface area contributed by atoms with Crippen molar-refractivity contribution < 1.29 is 5.11 Å². The SMILES string of the molecule is CC1(C)CC(Nc2cc3c(ccc(=O)n3-c3c(O)cccc3Cl)c(-c3ccccc3Cl)n2)CC(C)(C)N1. The fraction of sp³-hybridized carbons (Fsp3) is 0.310. The molecule has 0 spiro atoms. The van der Waals surface area contributed by atoms with E-state index in [9.17, 15) is 9.90 Å². The summed E-state index contributed by atoms with van der Waals surface area (Å²) in [5.74, 6) is 0.529. The van der Waals surface area contributed by atoms with Gasteiger partial charge in [0.25, 0.3) is 5.56 Å². The summed E-state index contributed by atoms with van der Waals surface area (Å²) in [5, 5.41) is 19.6. The van der Waals surface area contributed by atoms with E-state index in [1.807, 2.05) is 30.3 Å². The van der Waals surface area contributed by atoms with Gasteiger partial charge in [-0.15, -0.1) is 0 Å². The predicted molar refractivity (Wildman–Crippen MR) is 152 cm³/mol. The van der Waals surface area contributed by atoms with Crippen LogP contribution in [0.3, 0.4) is 0 Å². The fourth-order valence-corrected chi connectivity index (χ4v) is 6.24. The number of nitrogens with zero attached hydrogens (tertiary/aromatic N) is 2. The van der Waals surface area contributed by atoms with Crippen molar-refractivity contribution in [1.82, 2.24) is 14.9 Å². The Hall–Kier alpha value is -3.06. The smallest absolute Gasteiger partial charge is 0.255 e. The first-order valence-corrected chi connectivity index (χ1v) is 13.1. The molecular weight excluding hydrogens is 507 g/mol. The van der Waals surface area contributed by atoms with E-state index in [4.69, 9.17) is 28.2 Å². The van der Waals surface area contributed by atoms with Gasteiger partial charge in [-0.1, -0.05) is 47.5 Å². The third-order valence-corrected chi connectivity index (χ3v) is 7.39. The lowest BCUT2D eigenvalue weighted by molar-refractivity contribution is 0.170. The number of phenols is 1. The number of benzene rings is 2. The fourth-order valence-electron chi connectivity index (χ4n) is 5.76. The molecule has 1 aliphatic rings. The van der Waals surface area contributed by atoms with Crippen LogP contribution >= 0.6 is 23.2 Å². The molecule has 3 N–H and O–H groups in total. The van der Waals surface area contributed by atoms with E-state index in [1.165, 1.54) is 16.7 Å². The molecule has 1 saturated heterocycles. The maximum atomic E-state index is 13.2. The van der Waals surface area contributed by atoms with Crippen LogP contribution in [-0.4, -0.2) is 31.8 Å². The van der Waals surface area contributed by atoms with Crippen LogP contribution in [0.25, 0.3) is 27.8 Å². The molecule has 0 unspecified atom stereocenters. The second kappa shape index (κ2) is 9.35. The molecule has 1 fully saturated rings. The molecule has 6 nitrogen and oxygen atoms in total. The number of phenolic OH excluding ortho intramolecular Hbond substituents is 1. The van der Waals surface area contributed by atoms with Crippen LogP contribution in [0.1, 0.15) is 40.5 Å². The summed E-state index contributed by atoms with van der Waals surface area (Å²) in [6.45, 7) is 8.79. The molecule has 5 rings (SSSR count). The van der Waals surface area contributed by atoms with Crippen LogP contribution in [0.5, 0.6) is 5.75 Å². The normalized spacial score (nSPS) is 17.1. The Morgan fingerprint density at radius 3 is 2.32 bits per heavy atom. The van der Waals surface area contributed by atoms with E-state index >= 15 is 0 Å². The lowest BCUT2D eigenvalue weighted by Crippen LogP contribution is -2.60. The third-order valence-electron chi connectivity index (χ3n) is 6.75. The van der Waals surface area contributed by atoms with Crippen molar-refractivity contribution >= 4 is 39.9 Å². The average molecular weight is 537 g/mol. The summed E-state index contributed by atoms with van der Waals surface area (Å²) in [6, 6.07) is 17.5. The van der Waals surface area contributed by atoms with Crippen LogP contribution < -0.4 is 16.2 Å². The summed E-state index contributed by atoms with van der Waals surface area (Å²) in [6.07, 6.45) is 1.79. The van der Waals surface area contributed by atoms with Gasteiger partial charge in [-0.2, -0.15) is 0 Å². The first-order chi connectivity index (χ1) is 17.4. The highest BCUT2D eigenvalue weighted by atomic mass is 35.5. The molecule has 8 heteroatoms. The first kappa shape index (κ1) is 25.6. The summed E-state index contributed by atoms with van der Waals surface area (Å²) >= 11 is 13.1. The minimum Gasteiger partial charge on any atom is -0.506 e. The highest BCUT2D eigenvalue weighted by molar-refractivity contribution is 6.34. The number of para-hydroxylation sites is 1. The number of hydrogen-bond acceptors (Lipinski definition) is 5. The largest absolute Gasteiger partial charge is 0.506 e. The predicted octanol–water partition coefficient (Wildman–Crippen LogP) is 6.79. The van der Waals surface area contributed by atoms with Crippen molar-refractivity contribution in [3.63, 3.8) is 0 Å². The number of nitrogens with one attached hydrogen (secondary N) is 2. The van der Waals surface area contributed by atoms with Gasteiger partial charge in [0.05, 0.1) is 16.2 Å². The van der Waals surface area contributed by atoms with Gasteiger partial charge in [0, 0.05) is 45.2 Å². The highest BCUT2D eigenvalue weighted by Crippen LogP contribution is 2.37. The molecule has 3 heterocycles. The maximum absolute atomic E-state index is 13.2. The molecule has 0 aliphatic carbocycles. The zero-order valence-electron chi connectivity index (χ0n) is 21.3. The van der Waals surface area contributed by atoms with E-state index in [2.05, 4.69) is 38.3 Å². The highest BCUT2D eigenvalue weighted by Gasteiger charge is 2.37. The van der Waals surface area contributed by atoms with Crippen LogP contribution in [0.15, 0.2) is 65.5 Å². The van der Waals surface area contributed by atoms with E-state index in [1.54, 1.807) is 18.2 Å². The number of anilines is 1. The standard InChI is InChI=1S/C29H30Cl2N4O2/c1-28(2)15-17(16-29(3,4)34-28)32-24-14-22-19(26(33-24)18-8-5-6-9-20(18)30)12-13-25(37)35(22)27-21(31)10-7-11-23(27)36/h5-14,17,34,36H,15-16H2,1-4H3,(H,32,33). The summed E-state index contributed by atoms with van der Waals surface area (Å²) in [7, 11) is 0. The number of fused-ring (bicyclic) bond motifs is 1. The van der Waals surface area contributed by atoms with Crippen molar-refractivity contribution in [3.05, 3.63) is 81.1 Å². The molecule has 4 aromatic rings. The number of piperidine rings is 1. The lowest BCUT2D eigenvalue weighted by atomic mass is 9.79. The van der Waals surface area contributed by atoms with Crippen molar-refractivity contribution in [1.29, 1.82) is 0 Å². The number of aromatic hydroxyl groups is 1. The molecule has 0 bridgehead atoms. The Kier molecular flexibility index (Phi) is 6.47. The first-order valence-electron chi connectivity index (χ1n) is 12.3. The molecule has 0 saturated carbocycles. The van der Waals surface area contributed by atoms with Gasteiger partial charge >= 0.3 is 0 Å². The quantitative estimate of drug-likeness (QED) is 0.267. The average Bonchev–Trinajstić information content (AvgIpc) is 2.78. The lowest BCUT2D eigenvalue weighted by Gasteiger charge is -2.46. The van der Waals surface area contributed by atoms with Gasteiger partial charge in [-0.3, -0.25) is 9.36 Å². The van der Waals surface area contributed by atoms with Gasteiger partial charge in [0.2, 0.25) is 0 Å². The Bertz CT molecular complexity index is 1530. The Labute approximate surface area is 226 Å². The second-order valence-corrected chi connectivity index (χ2v) is 11.8. The summed E-state index contributed by atoms with van der Waals surface area (Å²) < 4.78 is 1.44. The van der Waals surface area contributed by atoms with Crippen LogP contribution in [0.2, 0.25) is 10.0 Å². The van der Waals surface area contributed by atoms with Gasteiger partial charge in [0.1, 0.15) is 17.3 Å². The Morgan fingerprint density at radius 2 is 1.65 bits per heavy atom. The van der Waals surface area contributed by atoms with Crippen LogP contribution in [-0.2, 0) is 0 Å². The van der Waals surface area contributed by atoms with E-state index in [-0.39, 0.29) is 39.1 Å². The third kappa shape index (κ3) is 5.06. The Morgan fingerprint density at radius 1 is 0.973 bits per heavy atom. The Balaban J connectivity index is 1.76. The van der Waals surface area contributed by atoms with Crippen molar-refractivity contribution in [3.8, 4) is 22.7 Å². The maximum Gasteiger partial charge on any atom is 0.255 e. The second-order valence-electron chi connectivity index (χ2n) is 11.0. The zero-order chi connectivity index (χ0) is 26.5. The number of halogens is 2. The van der Waals surface area contributed by atoms with Gasteiger partial charge in [0.15, 0.2) is 0 Å². The number of aromatic nitrogens is 2.